The van der Waals surface area contributed by atoms with Crippen molar-refractivity contribution in [1.29, 1.82) is 0 Å². The summed E-state index contributed by atoms with van der Waals surface area (Å²) in [5.74, 6) is -1.51. The second kappa shape index (κ2) is 8.49. The first-order chi connectivity index (χ1) is 13.0. The molecule has 2 aromatic rings. The van der Waals surface area contributed by atoms with E-state index in [1.54, 1.807) is 6.07 Å². The number of H-pyrrole nitrogens is 1. The smallest absolute Gasteiger partial charge is 0.228 e. The average molecular weight is 379 g/mol. The maximum atomic E-state index is 13.5. The molecule has 1 aromatic carbocycles. The summed E-state index contributed by atoms with van der Waals surface area (Å²) in [6.07, 6.45) is 2.26. The van der Waals surface area contributed by atoms with Crippen molar-refractivity contribution in [3.05, 3.63) is 57.5 Å². The number of ether oxygens (including phenoxy) is 1. The van der Waals surface area contributed by atoms with Gasteiger partial charge in [-0.1, -0.05) is 0 Å². The highest BCUT2D eigenvalue weighted by molar-refractivity contribution is 5.47. The number of hydrogen-bond acceptors (Lipinski definition) is 5. The molecule has 0 atom stereocenters. The molecule has 8 heteroatoms. The number of rotatable bonds is 5. The molecule has 0 unspecified atom stereocenters. The Morgan fingerprint density at radius 2 is 2.00 bits per heavy atom. The van der Waals surface area contributed by atoms with Gasteiger partial charge in [0.2, 0.25) is 5.43 Å². The second-order valence-electron chi connectivity index (χ2n) is 6.52. The van der Waals surface area contributed by atoms with E-state index in [2.05, 4.69) is 9.88 Å². The highest BCUT2D eigenvalue weighted by Gasteiger charge is 2.20. The van der Waals surface area contributed by atoms with Gasteiger partial charge in [0.1, 0.15) is 0 Å². The van der Waals surface area contributed by atoms with Gasteiger partial charge in [0.15, 0.2) is 17.4 Å². The molecule has 0 saturated carbocycles. The molecule has 0 aliphatic carbocycles. The van der Waals surface area contributed by atoms with E-state index in [-0.39, 0.29) is 17.8 Å². The van der Waals surface area contributed by atoms with Crippen LogP contribution in [0.3, 0.4) is 0 Å². The maximum absolute atomic E-state index is 13.5. The van der Waals surface area contributed by atoms with Crippen LogP contribution in [-0.4, -0.2) is 48.3 Å². The highest BCUT2D eigenvalue weighted by Crippen LogP contribution is 2.20. The van der Waals surface area contributed by atoms with E-state index in [0.717, 1.165) is 19.0 Å². The van der Waals surface area contributed by atoms with Crippen LogP contribution in [0.4, 0.5) is 14.5 Å². The lowest BCUT2D eigenvalue weighted by Gasteiger charge is -2.24. The zero-order chi connectivity index (χ0) is 19.4. The second-order valence-corrected chi connectivity index (χ2v) is 6.52. The molecule has 0 amide bonds. The van der Waals surface area contributed by atoms with Gasteiger partial charge in [-0.3, -0.25) is 9.69 Å². The van der Waals surface area contributed by atoms with Crippen LogP contribution in [0.25, 0.3) is 0 Å². The van der Waals surface area contributed by atoms with Gasteiger partial charge < -0.3 is 19.7 Å². The SMILES string of the molecule is COc1c[nH]c(CO)c(CN2CCCN(c3ccc(F)c(F)c3)CC2)c1=O. The number of aromatic amines is 1. The van der Waals surface area contributed by atoms with E-state index < -0.39 is 11.6 Å². The summed E-state index contributed by atoms with van der Waals surface area (Å²) in [4.78, 5) is 19.6. The summed E-state index contributed by atoms with van der Waals surface area (Å²) in [5.41, 5.74) is 1.37. The summed E-state index contributed by atoms with van der Waals surface area (Å²) in [6, 6.07) is 3.92. The van der Waals surface area contributed by atoms with Gasteiger partial charge in [0.05, 0.1) is 13.7 Å². The van der Waals surface area contributed by atoms with Crippen LogP contribution in [-0.2, 0) is 13.2 Å². The van der Waals surface area contributed by atoms with Crippen molar-refractivity contribution in [3.8, 4) is 5.75 Å². The molecular formula is C19H23F2N3O3. The van der Waals surface area contributed by atoms with Gasteiger partial charge in [-0.25, -0.2) is 8.78 Å². The van der Waals surface area contributed by atoms with Crippen molar-refractivity contribution in [2.45, 2.75) is 19.6 Å². The number of aliphatic hydroxyl groups is 1. The van der Waals surface area contributed by atoms with E-state index in [4.69, 9.17) is 4.74 Å². The third kappa shape index (κ3) is 4.28. The molecule has 0 bridgehead atoms. The number of halogens is 2. The fraction of sp³-hybridized carbons (Fsp3) is 0.421. The minimum absolute atomic E-state index is 0.209. The summed E-state index contributed by atoms with van der Waals surface area (Å²) >= 11 is 0. The average Bonchev–Trinajstić information content (AvgIpc) is 2.91. The van der Waals surface area contributed by atoms with Crippen LogP contribution in [0.2, 0.25) is 0 Å². The first kappa shape index (κ1) is 19.3. The minimum Gasteiger partial charge on any atom is -0.491 e. The van der Waals surface area contributed by atoms with Crippen molar-refractivity contribution >= 4 is 5.69 Å². The van der Waals surface area contributed by atoms with Gasteiger partial charge >= 0.3 is 0 Å². The van der Waals surface area contributed by atoms with Gasteiger partial charge in [-0.2, -0.15) is 0 Å². The maximum Gasteiger partial charge on any atom is 0.228 e. The number of methoxy groups -OCH3 is 1. The lowest BCUT2D eigenvalue weighted by Crippen LogP contribution is -2.32. The third-order valence-corrected chi connectivity index (χ3v) is 4.86. The largest absolute Gasteiger partial charge is 0.491 e. The zero-order valence-corrected chi connectivity index (χ0v) is 15.2. The summed E-state index contributed by atoms with van der Waals surface area (Å²) in [7, 11) is 1.43. The predicted octanol–water partition coefficient (Wildman–Crippen LogP) is 1.87. The summed E-state index contributed by atoms with van der Waals surface area (Å²) < 4.78 is 31.7. The van der Waals surface area contributed by atoms with Crippen LogP contribution >= 0.6 is 0 Å². The summed E-state index contributed by atoms with van der Waals surface area (Å²) in [5, 5.41) is 9.53. The molecule has 2 heterocycles. The van der Waals surface area contributed by atoms with Gasteiger partial charge in [-0.15, -0.1) is 0 Å². The molecule has 3 rings (SSSR count). The quantitative estimate of drug-likeness (QED) is 0.830. The third-order valence-electron chi connectivity index (χ3n) is 4.86. The molecule has 1 aliphatic rings. The molecule has 0 spiro atoms. The highest BCUT2D eigenvalue weighted by atomic mass is 19.2. The molecule has 27 heavy (non-hydrogen) atoms. The van der Waals surface area contributed by atoms with Crippen molar-refractivity contribution in [2.75, 3.05) is 38.2 Å². The molecular weight excluding hydrogens is 356 g/mol. The van der Waals surface area contributed by atoms with E-state index in [9.17, 15) is 18.7 Å². The van der Waals surface area contributed by atoms with Crippen LogP contribution < -0.4 is 15.1 Å². The van der Waals surface area contributed by atoms with E-state index in [1.165, 1.54) is 19.4 Å². The van der Waals surface area contributed by atoms with E-state index in [1.807, 2.05) is 4.90 Å². The number of hydrogen-bond donors (Lipinski definition) is 2. The zero-order valence-electron chi connectivity index (χ0n) is 15.2. The molecule has 6 nitrogen and oxygen atoms in total. The van der Waals surface area contributed by atoms with Crippen LogP contribution in [0.15, 0.2) is 29.2 Å². The molecule has 1 fully saturated rings. The molecule has 1 aromatic heterocycles. The fourth-order valence-electron chi connectivity index (χ4n) is 3.34. The predicted molar refractivity (Wildman–Crippen MR) is 98.0 cm³/mol. The van der Waals surface area contributed by atoms with Gasteiger partial charge in [0, 0.05) is 61.9 Å². The molecule has 1 aliphatic heterocycles. The minimum atomic E-state index is -0.857. The van der Waals surface area contributed by atoms with Gasteiger partial charge in [-0.05, 0) is 18.6 Å². The van der Waals surface area contributed by atoms with Crippen LogP contribution in [0.1, 0.15) is 17.7 Å². The Kier molecular flexibility index (Phi) is 6.08. The normalized spacial score (nSPS) is 15.6. The Labute approximate surface area is 156 Å². The van der Waals surface area contributed by atoms with E-state index in [0.29, 0.717) is 43.1 Å². The first-order valence-corrected chi connectivity index (χ1v) is 8.84. The van der Waals surface area contributed by atoms with E-state index >= 15 is 0 Å². The number of aliphatic hydroxyl groups excluding tert-OH is 1. The lowest BCUT2D eigenvalue weighted by molar-refractivity contribution is 0.259. The van der Waals surface area contributed by atoms with Crippen molar-refractivity contribution in [3.63, 3.8) is 0 Å². The first-order valence-electron chi connectivity index (χ1n) is 8.84. The number of aromatic nitrogens is 1. The number of pyridine rings is 1. The Morgan fingerprint density at radius 1 is 1.19 bits per heavy atom. The Hall–Kier alpha value is -2.45. The van der Waals surface area contributed by atoms with Crippen molar-refractivity contribution < 1.29 is 18.6 Å². The Balaban J connectivity index is 1.74. The van der Waals surface area contributed by atoms with Crippen LogP contribution in [0.5, 0.6) is 5.75 Å². The molecule has 1 saturated heterocycles. The number of nitrogens with zero attached hydrogens (tertiary/aromatic N) is 2. The molecule has 0 radical (unpaired) electrons. The molecule has 2 N–H and O–H groups in total. The molecule has 146 valence electrons. The standard InChI is InChI=1S/C19H23F2N3O3/c1-27-18-10-22-17(12-25)14(19(18)26)11-23-5-2-6-24(8-7-23)13-3-4-15(20)16(21)9-13/h3-4,9-10,25H,2,5-8,11-12H2,1H3,(H,22,26). The topological polar surface area (TPSA) is 68.8 Å². The Morgan fingerprint density at radius 3 is 2.70 bits per heavy atom. The monoisotopic (exact) mass is 379 g/mol. The van der Waals surface area contributed by atoms with Gasteiger partial charge in [0.25, 0.3) is 0 Å². The number of nitrogens with one attached hydrogen (secondary N) is 1. The van der Waals surface area contributed by atoms with Crippen molar-refractivity contribution in [1.82, 2.24) is 9.88 Å². The Bertz CT molecular complexity index is 857. The van der Waals surface area contributed by atoms with Crippen molar-refractivity contribution in [2.24, 2.45) is 0 Å². The lowest BCUT2D eigenvalue weighted by atomic mass is 10.1. The summed E-state index contributed by atoms with van der Waals surface area (Å²) in [6.45, 7) is 2.87. The fourth-order valence-corrected chi connectivity index (χ4v) is 3.34. The number of benzene rings is 1. The number of anilines is 1. The van der Waals surface area contributed by atoms with Crippen LogP contribution in [0, 0.1) is 11.6 Å².